The van der Waals surface area contributed by atoms with E-state index in [1.807, 2.05) is 24.3 Å². The molecule has 0 atom stereocenters. The fourth-order valence-corrected chi connectivity index (χ4v) is 2.10. The minimum Gasteiger partial charge on any atom is -0.490 e. The summed E-state index contributed by atoms with van der Waals surface area (Å²) in [5, 5.41) is 5.17. The van der Waals surface area contributed by atoms with E-state index < -0.39 is 0 Å². The van der Waals surface area contributed by atoms with Gasteiger partial charge < -0.3 is 10.6 Å². The zero-order valence-corrected chi connectivity index (χ0v) is 10.4. The molecule has 0 aliphatic heterocycles. The van der Waals surface area contributed by atoms with Crippen molar-refractivity contribution in [2.24, 2.45) is 22.7 Å². The third-order valence-electron chi connectivity index (χ3n) is 3.14. The van der Waals surface area contributed by atoms with Crippen LogP contribution < -0.4 is 21.9 Å². The largest absolute Gasteiger partial charge is 0.490 e. The summed E-state index contributed by atoms with van der Waals surface area (Å²) in [5.41, 5.74) is 0.733. The third kappa shape index (κ3) is 2.76. The lowest BCUT2D eigenvalue weighted by atomic mass is 9.81. The molecule has 1 fully saturated rings. The van der Waals surface area contributed by atoms with Crippen molar-refractivity contribution in [2.45, 2.75) is 18.9 Å². The lowest BCUT2D eigenvalue weighted by Crippen LogP contribution is -2.47. The van der Waals surface area contributed by atoms with E-state index in [-0.39, 0.29) is 12.0 Å². The van der Waals surface area contributed by atoms with Crippen molar-refractivity contribution in [2.75, 3.05) is 7.05 Å². The SMILES string of the molecule is [B]c1ccc(OC2CC(/C(=N/N)N(C)N)C2)cc1. The lowest BCUT2D eigenvalue weighted by Gasteiger charge is -2.37. The van der Waals surface area contributed by atoms with E-state index in [0.717, 1.165) is 24.1 Å². The van der Waals surface area contributed by atoms with Gasteiger partial charge in [0.25, 0.3) is 0 Å². The number of nitrogens with two attached hydrogens (primary N) is 2. The Hall–Kier alpha value is -1.69. The molecule has 94 valence electrons. The van der Waals surface area contributed by atoms with Crippen LogP contribution in [-0.2, 0) is 0 Å². The molecular formula is C12H17BN4O. The van der Waals surface area contributed by atoms with Crippen LogP contribution in [0.4, 0.5) is 0 Å². The Balaban J connectivity index is 1.85. The summed E-state index contributed by atoms with van der Waals surface area (Å²) in [6.07, 6.45) is 1.94. The van der Waals surface area contributed by atoms with Gasteiger partial charge in [-0.2, -0.15) is 5.10 Å². The second-order valence-electron chi connectivity index (χ2n) is 4.58. The van der Waals surface area contributed by atoms with E-state index >= 15 is 0 Å². The number of hydrogen-bond donors (Lipinski definition) is 2. The fraction of sp³-hybridized carbons (Fsp3) is 0.417. The van der Waals surface area contributed by atoms with E-state index in [2.05, 4.69) is 5.10 Å². The van der Waals surface area contributed by atoms with Gasteiger partial charge in [0.1, 0.15) is 25.5 Å². The molecule has 2 rings (SSSR count). The Morgan fingerprint density at radius 1 is 1.39 bits per heavy atom. The Labute approximate surface area is 108 Å². The van der Waals surface area contributed by atoms with Gasteiger partial charge in [-0.1, -0.05) is 17.6 Å². The average molecular weight is 244 g/mol. The molecule has 1 aliphatic carbocycles. The number of benzene rings is 1. The van der Waals surface area contributed by atoms with Crippen LogP contribution in [0, 0.1) is 5.92 Å². The standard InChI is InChI=1S/C12H17BN4O/c1-17(15)12(16-14)8-6-11(7-8)18-10-4-2-9(13)3-5-10/h2-5,8,11H,6-7,14-15H2,1H3/b16-12-. The predicted octanol–water partition coefficient (Wildman–Crippen LogP) is -0.284. The Morgan fingerprint density at radius 3 is 2.50 bits per heavy atom. The maximum absolute atomic E-state index is 5.80. The van der Waals surface area contributed by atoms with Gasteiger partial charge in [0, 0.05) is 13.0 Å². The van der Waals surface area contributed by atoms with Crippen LogP contribution >= 0.6 is 0 Å². The van der Waals surface area contributed by atoms with Crippen LogP contribution in [-0.4, -0.2) is 31.8 Å². The molecule has 1 saturated carbocycles. The first kappa shape index (κ1) is 12.8. The second kappa shape index (κ2) is 5.31. The van der Waals surface area contributed by atoms with Crippen LogP contribution in [0.5, 0.6) is 5.75 Å². The summed E-state index contributed by atoms with van der Waals surface area (Å²) >= 11 is 0. The van der Waals surface area contributed by atoms with Crippen molar-refractivity contribution in [1.29, 1.82) is 0 Å². The molecule has 1 aromatic rings. The van der Waals surface area contributed by atoms with Crippen molar-refractivity contribution in [3.8, 4) is 5.75 Å². The van der Waals surface area contributed by atoms with E-state index in [1.54, 1.807) is 7.05 Å². The zero-order valence-electron chi connectivity index (χ0n) is 10.4. The van der Waals surface area contributed by atoms with Crippen molar-refractivity contribution in [3.05, 3.63) is 24.3 Å². The Morgan fingerprint density at radius 2 is 2.00 bits per heavy atom. The summed E-state index contributed by atoms with van der Waals surface area (Å²) in [6, 6.07) is 7.39. The highest BCUT2D eigenvalue weighted by Crippen LogP contribution is 2.32. The summed E-state index contributed by atoms with van der Waals surface area (Å²) < 4.78 is 5.80. The predicted molar refractivity (Wildman–Crippen MR) is 72.5 cm³/mol. The van der Waals surface area contributed by atoms with Crippen LogP contribution in [0.1, 0.15) is 12.8 Å². The van der Waals surface area contributed by atoms with E-state index in [9.17, 15) is 0 Å². The van der Waals surface area contributed by atoms with Crippen LogP contribution in [0.2, 0.25) is 0 Å². The molecule has 0 spiro atoms. The molecule has 2 radical (unpaired) electrons. The molecule has 0 heterocycles. The van der Waals surface area contributed by atoms with Gasteiger partial charge in [-0.3, -0.25) is 5.01 Å². The van der Waals surface area contributed by atoms with Gasteiger partial charge in [-0.05, 0) is 25.0 Å². The van der Waals surface area contributed by atoms with Crippen LogP contribution in [0.3, 0.4) is 0 Å². The van der Waals surface area contributed by atoms with E-state index in [1.165, 1.54) is 5.01 Å². The highest BCUT2D eigenvalue weighted by Gasteiger charge is 2.35. The molecule has 0 unspecified atom stereocenters. The quantitative estimate of drug-likeness (QED) is 0.252. The second-order valence-corrected chi connectivity index (χ2v) is 4.58. The van der Waals surface area contributed by atoms with Gasteiger partial charge in [0.15, 0.2) is 0 Å². The zero-order chi connectivity index (χ0) is 13.1. The Bertz CT molecular complexity index is 426. The summed E-state index contributed by atoms with van der Waals surface area (Å²) in [4.78, 5) is 0. The van der Waals surface area contributed by atoms with Crippen molar-refractivity contribution < 1.29 is 4.74 Å². The molecule has 1 aliphatic rings. The highest BCUT2D eigenvalue weighted by molar-refractivity contribution is 6.32. The van der Waals surface area contributed by atoms with Crippen LogP contribution in [0.25, 0.3) is 0 Å². The first-order chi connectivity index (χ1) is 8.60. The normalized spacial score (nSPS) is 23.3. The number of hydrazine groups is 1. The topological polar surface area (TPSA) is 76.9 Å². The van der Waals surface area contributed by atoms with Crippen LogP contribution in [0.15, 0.2) is 29.4 Å². The fourth-order valence-electron chi connectivity index (χ4n) is 2.10. The first-order valence-electron chi connectivity index (χ1n) is 5.88. The van der Waals surface area contributed by atoms with Gasteiger partial charge in [-0.25, -0.2) is 5.84 Å². The van der Waals surface area contributed by atoms with Crippen molar-refractivity contribution in [3.63, 3.8) is 0 Å². The lowest BCUT2D eigenvalue weighted by molar-refractivity contribution is 0.0891. The molecule has 4 N–H and O–H groups in total. The molecular weight excluding hydrogens is 227 g/mol. The average Bonchev–Trinajstić information content (AvgIpc) is 2.28. The summed E-state index contributed by atoms with van der Waals surface area (Å²) in [5.74, 6) is 12.8. The third-order valence-corrected chi connectivity index (χ3v) is 3.14. The number of rotatable bonds is 3. The Kier molecular flexibility index (Phi) is 3.76. The molecule has 5 nitrogen and oxygen atoms in total. The molecule has 18 heavy (non-hydrogen) atoms. The summed E-state index contributed by atoms with van der Waals surface area (Å²) in [6.45, 7) is 0. The number of ether oxygens (including phenoxy) is 1. The number of hydrogen-bond acceptors (Lipinski definition) is 4. The van der Waals surface area contributed by atoms with Gasteiger partial charge in [0.05, 0.1) is 0 Å². The number of nitrogens with zero attached hydrogens (tertiary/aromatic N) is 2. The smallest absolute Gasteiger partial charge is 0.141 e. The minimum absolute atomic E-state index is 0.190. The minimum atomic E-state index is 0.190. The van der Waals surface area contributed by atoms with E-state index in [4.69, 9.17) is 24.3 Å². The molecule has 0 saturated heterocycles. The molecule has 6 heteroatoms. The first-order valence-corrected chi connectivity index (χ1v) is 5.88. The number of amidine groups is 1. The van der Waals surface area contributed by atoms with Gasteiger partial charge >= 0.3 is 0 Å². The van der Waals surface area contributed by atoms with E-state index in [0.29, 0.717) is 5.84 Å². The van der Waals surface area contributed by atoms with Crippen molar-refractivity contribution in [1.82, 2.24) is 5.01 Å². The molecule has 0 bridgehead atoms. The van der Waals surface area contributed by atoms with Gasteiger partial charge in [-0.15, -0.1) is 0 Å². The molecule has 0 amide bonds. The number of hydrazone groups is 1. The highest BCUT2D eigenvalue weighted by atomic mass is 16.5. The van der Waals surface area contributed by atoms with Crippen molar-refractivity contribution >= 4 is 19.1 Å². The monoisotopic (exact) mass is 244 g/mol. The summed E-state index contributed by atoms with van der Waals surface area (Å²) in [7, 11) is 7.35. The maximum Gasteiger partial charge on any atom is 0.141 e. The maximum atomic E-state index is 5.80. The van der Waals surface area contributed by atoms with Gasteiger partial charge in [0.2, 0.25) is 0 Å². The molecule has 1 aromatic carbocycles. The molecule has 0 aromatic heterocycles.